The molecule has 0 aromatic rings. The van der Waals surface area contributed by atoms with Gasteiger partial charge in [-0.2, -0.15) is 0 Å². The quantitative estimate of drug-likeness (QED) is 0.612. The SMILES string of the molecule is CC(=O)OC(C)C(C)(C)C(C)C. The van der Waals surface area contributed by atoms with Gasteiger partial charge < -0.3 is 4.74 Å². The van der Waals surface area contributed by atoms with E-state index in [1.54, 1.807) is 0 Å². The molecule has 1 unspecified atom stereocenters. The lowest BCUT2D eigenvalue weighted by molar-refractivity contribution is -0.152. The molecule has 0 aliphatic carbocycles. The summed E-state index contributed by atoms with van der Waals surface area (Å²) in [7, 11) is 0. The topological polar surface area (TPSA) is 26.3 Å². The lowest BCUT2D eigenvalue weighted by Gasteiger charge is -2.34. The van der Waals surface area contributed by atoms with Crippen LogP contribution in [0.25, 0.3) is 0 Å². The van der Waals surface area contributed by atoms with Crippen molar-refractivity contribution in [3.8, 4) is 0 Å². The highest BCUT2D eigenvalue weighted by molar-refractivity contribution is 5.66. The molecule has 12 heavy (non-hydrogen) atoms. The summed E-state index contributed by atoms with van der Waals surface area (Å²) in [6.07, 6.45) is -0.0185. The van der Waals surface area contributed by atoms with Gasteiger partial charge in [0, 0.05) is 12.3 Å². The molecule has 0 rings (SSSR count). The van der Waals surface area contributed by atoms with E-state index in [4.69, 9.17) is 4.74 Å². The molecule has 1 atom stereocenters. The van der Waals surface area contributed by atoms with E-state index >= 15 is 0 Å². The molecule has 0 spiro atoms. The third-order valence-corrected chi connectivity index (χ3v) is 2.88. The van der Waals surface area contributed by atoms with Crippen LogP contribution in [0.15, 0.2) is 0 Å². The third kappa shape index (κ3) is 2.84. The van der Waals surface area contributed by atoms with Gasteiger partial charge in [0.1, 0.15) is 6.10 Å². The Labute approximate surface area is 75.3 Å². The molecule has 0 aromatic carbocycles. The first-order valence-corrected chi connectivity index (χ1v) is 4.45. The van der Waals surface area contributed by atoms with Crippen LogP contribution in [0.5, 0.6) is 0 Å². The van der Waals surface area contributed by atoms with Crippen LogP contribution >= 0.6 is 0 Å². The van der Waals surface area contributed by atoms with Crippen molar-refractivity contribution in [3.05, 3.63) is 0 Å². The number of ether oxygens (including phenoxy) is 1. The van der Waals surface area contributed by atoms with Crippen LogP contribution in [-0.4, -0.2) is 12.1 Å². The Kier molecular flexibility index (Phi) is 3.75. The van der Waals surface area contributed by atoms with Crippen LogP contribution in [0.1, 0.15) is 41.5 Å². The van der Waals surface area contributed by atoms with Gasteiger partial charge in [-0.15, -0.1) is 0 Å². The average Bonchev–Trinajstić information content (AvgIpc) is 1.85. The van der Waals surface area contributed by atoms with Gasteiger partial charge in [0.25, 0.3) is 0 Å². The van der Waals surface area contributed by atoms with Gasteiger partial charge in [-0.05, 0) is 12.8 Å². The lowest BCUT2D eigenvalue weighted by Crippen LogP contribution is -2.35. The zero-order chi connectivity index (χ0) is 9.94. The molecule has 2 heteroatoms. The maximum absolute atomic E-state index is 10.7. The number of carbonyl (C=O) groups is 1. The predicted octanol–water partition coefficient (Wildman–Crippen LogP) is 2.62. The molecule has 0 saturated carbocycles. The first-order chi connectivity index (χ1) is 5.28. The second kappa shape index (κ2) is 3.92. The Hall–Kier alpha value is -0.530. The van der Waals surface area contributed by atoms with E-state index in [2.05, 4.69) is 27.7 Å². The molecule has 2 nitrogen and oxygen atoms in total. The van der Waals surface area contributed by atoms with Gasteiger partial charge >= 0.3 is 5.97 Å². The second-order valence-corrected chi connectivity index (χ2v) is 4.23. The highest BCUT2D eigenvalue weighted by Gasteiger charge is 2.31. The van der Waals surface area contributed by atoms with Crippen LogP contribution in [0.3, 0.4) is 0 Å². The maximum atomic E-state index is 10.7. The lowest BCUT2D eigenvalue weighted by atomic mass is 9.77. The van der Waals surface area contributed by atoms with Crippen molar-refractivity contribution in [2.45, 2.75) is 47.6 Å². The normalized spacial score (nSPS) is 14.6. The van der Waals surface area contributed by atoms with Crippen LogP contribution in [0.2, 0.25) is 0 Å². The van der Waals surface area contributed by atoms with E-state index in [0.29, 0.717) is 5.92 Å². The van der Waals surface area contributed by atoms with Gasteiger partial charge in [0.15, 0.2) is 0 Å². The van der Waals surface area contributed by atoms with Crippen molar-refractivity contribution in [1.82, 2.24) is 0 Å². The minimum Gasteiger partial charge on any atom is -0.462 e. The summed E-state index contributed by atoms with van der Waals surface area (Å²) in [5.41, 5.74) is 0.0473. The van der Waals surface area contributed by atoms with Gasteiger partial charge in [0.2, 0.25) is 0 Å². The van der Waals surface area contributed by atoms with Crippen molar-refractivity contribution < 1.29 is 9.53 Å². The maximum Gasteiger partial charge on any atom is 0.302 e. The Morgan fingerprint density at radius 3 is 1.92 bits per heavy atom. The van der Waals surface area contributed by atoms with E-state index in [1.807, 2.05) is 6.92 Å². The van der Waals surface area contributed by atoms with Crippen molar-refractivity contribution in [1.29, 1.82) is 0 Å². The standard InChI is InChI=1S/C10H20O2/c1-7(2)10(5,6)8(3)12-9(4)11/h7-8H,1-6H3. The largest absolute Gasteiger partial charge is 0.462 e. The van der Waals surface area contributed by atoms with Crippen LogP contribution < -0.4 is 0 Å². The number of hydrogen-bond acceptors (Lipinski definition) is 2. The van der Waals surface area contributed by atoms with Crippen LogP contribution in [0, 0.1) is 11.3 Å². The minimum absolute atomic E-state index is 0.0185. The zero-order valence-corrected chi connectivity index (χ0v) is 8.97. The Morgan fingerprint density at radius 1 is 1.25 bits per heavy atom. The van der Waals surface area contributed by atoms with Gasteiger partial charge in [-0.3, -0.25) is 4.79 Å². The fraction of sp³-hybridized carbons (Fsp3) is 0.900. The average molecular weight is 172 g/mol. The predicted molar refractivity (Wildman–Crippen MR) is 49.8 cm³/mol. The number of carbonyl (C=O) groups excluding carboxylic acids is 1. The summed E-state index contributed by atoms with van der Waals surface area (Å²) in [6.45, 7) is 11.9. The van der Waals surface area contributed by atoms with Gasteiger partial charge in [0.05, 0.1) is 0 Å². The van der Waals surface area contributed by atoms with Crippen molar-refractivity contribution in [3.63, 3.8) is 0 Å². The molecule has 0 aliphatic rings. The first-order valence-electron chi connectivity index (χ1n) is 4.45. The van der Waals surface area contributed by atoms with Crippen LogP contribution in [0.4, 0.5) is 0 Å². The smallest absolute Gasteiger partial charge is 0.302 e. The van der Waals surface area contributed by atoms with E-state index in [9.17, 15) is 4.79 Å². The Bertz CT molecular complexity index is 159. The second-order valence-electron chi connectivity index (χ2n) is 4.23. The first kappa shape index (κ1) is 11.5. The van der Waals surface area contributed by atoms with Crippen molar-refractivity contribution in [2.75, 3.05) is 0 Å². The Balaban J connectivity index is 4.24. The summed E-state index contributed by atoms with van der Waals surface area (Å²) in [4.78, 5) is 10.7. The molecular weight excluding hydrogens is 152 g/mol. The Morgan fingerprint density at radius 2 is 1.67 bits per heavy atom. The number of rotatable bonds is 3. The van der Waals surface area contributed by atoms with Gasteiger partial charge in [-0.1, -0.05) is 27.7 Å². The summed E-state index contributed by atoms with van der Waals surface area (Å²) in [5, 5.41) is 0. The molecular formula is C10H20O2. The third-order valence-electron chi connectivity index (χ3n) is 2.88. The molecule has 0 aliphatic heterocycles. The van der Waals surface area contributed by atoms with E-state index < -0.39 is 0 Å². The summed E-state index contributed by atoms with van der Waals surface area (Å²) < 4.78 is 5.14. The summed E-state index contributed by atoms with van der Waals surface area (Å²) in [6, 6.07) is 0. The fourth-order valence-electron chi connectivity index (χ4n) is 0.870. The van der Waals surface area contributed by atoms with Crippen LogP contribution in [-0.2, 0) is 9.53 Å². The van der Waals surface area contributed by atoms with E-state index in [1.165, 1.54) is 6.92 Å². The number of hydrogen-bond donors (Lipinski definition) is 0. The monoisotopic (exact) mass is 172 g/mol. The number of esters is 1. The van der Waals surface area contributed by atoms with Crippen molar-refractivity contribution in [2.24, 2.45) is 11.3 Å². The van der Waals surface area contributed by atoms with Gasteiger partial charge in [-0.25, -0.2) is 0 Å². The summed E-state index contributed by atoms with van der Waals surface area (Å²) >= 11 is 0. The molecule has 0 bridgehead atoms. The molecule has 0 N–H and O–H groups in total. The summed E-state index contributed by atoms with van der Waals surface area (Å²) in [5.74, 6) is 0.308. The minimum atomic E-state index is -0.198. The van der Waals surface area contributed by atoms with E-state index in [0.717, 1.165) is 0 Å². The molecule has 0 radical (unpaired) electrons. The molecule has 0 saturated heterocycles. The van der Waals surface area contributed by atoms with E-state index in [-0.39, 0.29) is 17.5 Å². The highest BCUT2D eigenvalue weighted by atomic mass is 16.5. The fourth-order valence-corrected chi connectivity index (χ4v) is 0.870. The molecule has 0 amide bonds. The molecule has 0 fully saturated rings. The zero-order valence-electron chi connectivity index (χ0n) is 8.97. The molecule has 0 aromatic heterocycles. The van der Waals surface area contributed by atoms with Crippen molar-refractivity contribution >= 4 is 5.97 Å². The molecule has 72 valence electrons. The highest BCUT2D eigenvalue weighted by Crippen LogP contribution is 2.31. The molecule has 0 heterocycles.